The van der Waals surface area contributed by atoms with E-state index in [1.807, 2.05) is 0 Å². The zero-order valence-electron chi connectivity index (χ0n) is 3.66. The lowest BCUT2D eigenvalue weighted by molar-refractivity contribution is 0.297. The van der Waals surface area contributed by atoms with Crippen LogP contribution in [0.1, 0.15) is 6.42 Å². The van der Waals surface area contributed by atoms with Crippen molar-refractivity contribution in [3.05, 3.63) is 12.3 Å². The van der Waals surface area contributed by atoms with E-state index in [1.165, 1.54) is 6.26 Å². The quantitative estimate of drug-likeness (QED) is 0.359. The fourth-order valence-electron chi connectivity index (χ4n) is 0.388. The molecule has 3 heteroatoms. The highest BCUT2D eigenvalue weighted by Gasteiger charge is 2.00. The van der Waals surface area contributed by atoms with Crippen molar-refractivity contribution in [3.8, 4) is 0 Å². The predicted octanol–water partition coefficient (Wildman–Crippen LogP) is 0.708. The second kappa shape index (κ2) is 1.64. The van der Waals surface area contributed by atoms with Crippen molar-refractivity contribution in [2.75, 3.05) is 0 Å². The van der Waals surface area contributed by atoms with Crippen molar-refractivity contribution in [2.45, 2.75) is 6.42 Å². The van der Waals surface area contributed by atoms with E-state index in [1.54, 1.807) is 6.08 Å². The van der Waals surface area contributed by atoms with Crippen LogP contribution in [-0.4, -0.2) is 11.1 Å². The Morgan fingerprint density at radius 1 is 1.86 bits per heavy atom. The molecule has 0 atom stereocenters. The van der Waals surface area contributed by atoms with E-state index in [0.29, 0.717) is 12.3 Å². The maximum atomic E-state index is 7.99. The molecule has 0 aromatic rings. The highest BCUT2D eigenvalue weighted by molar-refractivity contribution is 5.79. The Kier molecular flexibility index (Phi) is 0.978. The van der Waals surface area contributed by atoms with Crippen molar-refractivity contribution in [3.63, 3.8) is 0 Å². The number of ether oxygens (including phenoxy) is 1. The van der Waals surface area contributed by atoms with Crippen molar-refractivity contribution in [1.82, 2.24) is 0 Å². The van der Waals surface area contributed by atoms with Crippen LogP contribution in [0.25, 0.3) is 0 Å². The average molecular weight is 99.1 g/mol. The summed E-state index contributed by atoms with van der Waals surface area (Å²) in [6, 6.07) is 0. The fraction of sp³-hybridized carbons (Fsp3) is 0.250. The third-order valence-corrected chi connectivity index (χ3v) is 0.704. The van der Waals surface area contributed by atoms with Gasteiger partial charge in [-0.1, -0.05) is 5.16 Å². The number of hydrogen-bond donors (Lipinski definition) is 1. The Bertz CT molecular complexity index is 107. The van der Waals surface area contributed by atoms with Crippen LogP contribution in [0, 0.1) is 0 Å². The number of oxime groups is 1. The van der Waals surface area contributed by atoms with Crippen LogP contribution in [0.5, 0.6) is 0 Å². The first kappa shape index (κ1) is 4.18. The SMILES string of the molecule is ON=C1CC=CO1. The van der Waals surface area contributed by atoms with Gasteiger partial charge in [0.25, 0.3) is 0 Å². The van der Waals surface area contributed by atoms with Crippen LogP contribution in [0.4, 0.5) is 0 Å². The molecule has 0 aliphatic carbocycles. The van der Waals surface area contributed by atoms with Gasteiger partial charge < -0.3 is 9.94 Å². The van der Waals surface area contributed by atoms with Gasteiger partial charge in [0.2, 0.25) is 5.90 Å². The number of rotatable bonds is 0. The summed E-state index contributed by atoms with van der Waals surface area (Å²) < 4.78 is 4.62. The van der Waals surface area contributed by atoms with Crippen LogP contribution in [-0.2, 0) is 4.74 Å². The molecule has 0 unspecified atom stereocenters. The molecule has 38 valence electrons. The van der Waals surface area contributed by atoms with Gasteiger partial charge in [-0.3, -0.25) is 0 Å². The van der Waals surface area contributed by atoms with E-state index in [0.717, 1.165) is 0 Å². The molecule has 0 aromatic heterocycles. The Balaban J connectivity index is 2.51. The predicted molar refractivity (Wildman–Crippen MR) is 24.1 cm³/mol. The monoisotopic (exact) mass is 99.0 g/mol. The summed E-state index contributed by atoms with van der Waals surface area (Å²) >= 11 is 0. The van der Waals surface area contributed by atoms with Crippen molar-refractivity contribution >= 4 is 5.90 Å². The van der Waals surface area contributed by atoms with E-state index < -0.39 is 0 Å². The lowest BCUT2D eigenvalue weighted by atomic mass is 10.5. The molecule has 0 saturated heterocycles. The van der Waals surface area contributed by atoms with Gasteiger partial charge >= 0.3 is 0 Å². The second-order valence-corrected chi connectivity index (χ2v) is 1.19. The third kappa shape index (κ3) is 0.707. The summed E-state index contributed by atoms with van der Waals surface area (Å²) in [4.78, 5) is 0. The van der Waals surface area contributed by atoms with Crippen LogP contribution < -0.4 is 0 Å². The van der Waals surface area contributed by atoms with Crippen LogP contribution >= 0.6 is 0 Å². The van der Waals surface area contributed by atoms with Crippen molar-refractivity contribution in [2.24, 2.45) is 5.16 Å². The van der Waals surface area contributed by atoms with E-state index in [4.69, 9.17) is 5.21 Å². The van der Waals surface area contributed by atoms with E-state index >= 15 is 0 Å². The van der Waals surface area contributed by atoms with Crippen LogP contribution in [0.3, 0.4) is 0 Å². The first-order valence-corrected chi connectivity index (χ1v) is 1.96. The molecule has 3 nitrogen and oxygen atoms in total. The normalized spacial score (nSPS) is 23.1. The van der Waals surface area contributed by atoms with Crippen molar-refractivity contribution < 1.29 is 9.94 Å². The van der Waals surface area contributed by atoms with Crippen molar-refractivity contribution in [1.29, 1.82) is 0 Å². The van der Waals surface area contributed by atoms with Crippen LogP contribution in [0.15, 0.2) is 17.5 Å². The zero-order chi connectivity index (χ0) is 5.11. The molecule has 1 N–H and O–H groups in total. The standard InChI is InChI=1S/C4H5NO2/c6-5-4-2-1-3-7-4/h1,3,6H,2H2. The molecule has 0 fully saturated rings. The molecule has 1 aliphatic heterocycles. The zero-order valence-corrected chi connectivity index (χ0v) is 3.66. The van der Waals surface area contributed by atoms with E-state index in [2.05, 4.69) is 9.89 Å². The van der Waals surface area contributed by atoms with Gasteiger partial charge in [0.1, 0.15) is 0 Å². The second-order valence-electron chi connectivity index (χ2n) is 1.19. The Morgan fingerprint density at radius 3 is 3.00 bits per heavy atom. The number of nitrogens with zero attached hydrogens (tertiary/aromatic N) is 1. The molecule has 0 saturated carbocycles. The molecular weight excluding hydrogens is 94.0 g/mol. The van der Waals surface area contributed by atoms with E-state index in [9.17, 15) is 0 Å². The molecule has 7 heavy (non-hydrogen) atoms. The van der Waals surface area contributed by atoms with Gasteiger partial charge in [0, 0.05) is 6.42 Å². The van der Waals surface area contributed by atoms with Gasteiger partial charge in [-0.15, -0.1) is 0 Å². The Labute approximate surface area is 40.9 Å². The largest absolute Gasteiger partial charge is 0.448 e. The number of hydrogen-bond acceptors (Lipinski definition) is 3. The molecule has 1 rings (SSSR count). The average Bonchev–Trinajstić information content (AvgIpc) is 2.14. The van der Waals surface area contributed by atoms with E-state index in [-0.39, 0.29) is 0 Å². The van der Waals surface area contributed by atoms with Gasteiger partial charge in [0.15, 0.2) is 0 Å². The third-order valence-electron chi connectivity index (χ3n) is 0.704. The Morgan fingerprint density at radius 2 is 2.71 bits per heavy atom. The topological polar surface area (TPSA) is 41.8 Å². The molecule has 0 aromatic carbocycles. The Hall–Kier alpha value is -0.990. The molecule has 1 heterocycles. The molecule has 0 amide bonds. The summed E-state index contributed by atoms with van der Waals surface area (Å²) in [5.41, 5.74) is 0. The first-order valence-electron chi connectivity index (χ1n) is 1.96. The maximum absolute atomic E-state index is 7.99. The molecule has 1 aliphatic rings. The summed E-state index contributed by atoms with van der Waals surface area (Å²) in [7, 11) is 0. The van der Waals surface area contributed by atoms with Gasteiger partial charge in [0.05, 0.1) is 6.26 Å². The maximum Gasteiger partial charge on any atom is 0.234 e. The summed E-state index contributed by atoms with van der Waals surface area (Å²) in [5, 5.41) is 10.8. The van der Waals surface area contributed by atoms with Gasteiger partial charge in [-0.25, -0.2) is 0 Å². The molecule has 0 bridgehead atoms. The molecular formula is C4H5NO2. The highest BCUT2D eigenvalue weighted by Crippen LogP contribution is 1.99. The summed E-state index contributed by atoms with van der Waals surface area (Å²) in [5.74, 6) is 0.361. The minimum absolute atomic E-state index is 0.361. The fourth-order valence-corrected chi connectivity index (χ4v) is 0.388. The summed E-state index contributed by atoms with van der Waals surface area (Å²) in [6.07, 6.45) is 3.88. The minimum atomic E-state index is 0.361. The molecule has 0 radical (unpaired) electrons. The lowest BCUT2D eigenvalue weighted by Gasteiger charge is -1.86. The first-order chi connectivity index (χ1) is 3.43. The molecule has 0 spiro atoms. The van der Waals surface area contributed by atoms with Gasteiger partial charge in [-0.2, -0.15) is 0 Å². The summed E-state index contributed by atoms with van der Waals surface area (Å²) in [6.45, 7) is 0. The minimum Gasteiger partial charge on any atom is -0.448 e. The van der Waals surface area contributed by atoms with Gasteiger partial charge in [-0.05, 0) is 6.08 Å². The lowest BCUT2D eigenvalue weighted by Crippen LogP contribution is -1.90. The van der Waals surface area contributed by atoms with Crippen LogP contribution in [0.2, 0.25) is 0 Å². The smallest absolute Gasteiger partial charge is 0.234 e. The highest BCUT2D eigenvalue weighted by atomic mass is 16.5.